The fraction of sp³-hybridized carbons (Fsp3) is 0.150. The van der Waals surface area contributed by atoms with E-state index in [9.17, 15) is 4.79 Å². The Kier molecular flexibility index (Phi) is 5.04. The minimum Gasteiger partial charge on any atom is -0.365 e. The molecule has 0 bridgehead atoms. The van der Waals surface area contributed by atoms with Gasteiger partial charge >= 0.3 is 0 Å². The zero-order valence-corrected chi connectivity index (χ0v) is 14.3. The van der Waals surface area contributed by atoms with Crippen LogP contribution in [0.25, 0.3) is 0 Å². The van der Waals surface area contributed by atoms with Crippen LogP contribution in [0.5, 0.6) is 0 Å². The van der Waals surface area contributed by atoms with E-state index in [0.717, 1.165) is 22.4 Å². The van der Waals surface area contributed by atoms with Gasteiger partial charge in [0.1, 0.15) is 5.82 Å². The maximum atomic E-state index is 12.3. The summed E-state index contributed by atoms with van der Waals surface area (Å²) in [5.74, 6) is 0.364. The molecule has 0 fully saturated rings. The van der Waals surface area contributed by atoms with Gasteiger partial charge in [-0.1, -0.05) is 42.5 Å². The predicted molar refractivity (Wildman–Crippen MR) is 99.7 cm³/mol. The van der Waals surface area contributed by atoms with Gasteiger partial charge in [-0.25, -0.2) is 0 Å². The molecule has 0 aliphatic carbocycles. The molecule has 0 aliphatic heterocycles. The molecule has 1 aromatic heterocycles. The van der Waals surface area contributed by atoms with E-state index < -0.39 is 0 Å². The molecular formula is C20H20N4O. The smallest absolute Gasteiger partial charge is 0.276 e. The van der Waals surface area contributed by atoms with E-state index in [4.69, 9.17) is 0 Å². The van der Waals surface area contributed by atoms with Crippen molar-refractivity contribution in [2.45, 2.75) is 20.4 Å². The lowest BCUT2D eigenvalue weighted by Gasteiger charge is -2.09. The van der Waals surface area contributed by atoms with Gasteiger partial charge in [-0.05, 0) is 48.7 Å². The molecule has 5 nitrogen and oxygen atoms in total. The monoisotopic (exact) mass is 332 g/mol. The average Bonchev–Trinajstić information content (AvgIpc) is 2.64. The highest BCUT2D eigenvalue weighted by molar-refractivity contribution is 6.03. The molecular weight excluding hydrogens is 312 g/mol. The molecule has 1 amide bonds. The molecule has 1 heterocycles. The number of hydrogen-bond acceptors (Lipinski definition) is 4. The van der Waals surface area contributed by atoms with E-state index in [-0.39, 0.29) is 11.6 Å². The summed E-state index contributed by atoms with van der Waals surface area (Å²) >= 11 is 0. The first-order chi connectivity index (χ1) is 12.1. The van der Waals surface area contributed by atoms with E-state index in [1.807, 2.05) is 62.4 Å². The predicted octanol–water partition coefficient (Wildman–Crippen LogP) is 3.96. The Hall–Kier alpha value is -3.21. The van der Waals surface area contributed by atoms with Crippen LogP contribution in [-0.4, -0.2) is 16.1 Å². The topological polar surface area (TPSA) is 66.9 Å². The van der Waals surface area contributed by atoms with Crippen molar-refractivity contribution in [3.05, 3.63) is 83.0 Å². The number of carbonyl (C=O) groups excluding carboxylic acids is 1. The molecule has 126 valence electrons. The van der Waals surface area contributed by atoms with Crippen molar-refractivity contribution >= 4 is 17.4 Å². The summed E-state index contributed by atoms with van der Waals surface area (Å²) in [6.07, 6.45) is 0. The van der Waals surface area contributed by atoms with Crippen molar-refractivity contribution in [3.8, 4) is 0 Å². The van der Waals surface area contributed by atoms with Crippen LogP contribution >= 0.6 is 0 Å². The molecule has 0 atom stereocenters. The second-order valence-electron chi connectivity index (χ2n) is 5.92. The molecule has 0 aliphatic rings. The number of anilines is 2. The van der Waals surface area contributed by atoms with Crippen LogP contribution in [0.15, 0.2) is 60.7 Å². The maximum Gasteiger partial charge on any atom is 0.276 e. The van der Waals surface area contributed by atoms with Crippen molar-refractivity contribution in [1.29, 1.82) is 0 Å². The largest absolute Gasteiger partial charge is 0.365 e. The molecule has 25 heavy (non-hydrogen) atoms. The first-order valence-corrected chi connectivity index (χ1v) is 8.12. The number of nitrogens with one attached hydrogen (secondary N) is 2. The summed E-state index contributed by atoms with van der Waals surface area (Å²) in [6, 6.07) is 19.4. The Morgan fingerprint density at radius 1 is 0.960 bits per heavy atom. The van der Waals surface area contributed by atoms with E-state index in [0.29, 0.717) is 12.4 Å². The summed E-state index contributed by atoms with van der Waals surface area (Å²) in [5, 5.41) is 14.2. The van der Waals surface area contributed by atoms with Gasteiger partial charge in [-0.3, -0.25) is 4.79 Å². The minimum absolute atomic E-state index is 0.268. The fourth-order valence-corrected chi connectivity index (χ4v) is 2.39. The van der Waals surface area contributed by atoms with E-state index >= 15 is 0 Å². The van der Waals surface area contributed by atoms with Crippen LogP contribution in [0.4, 0.5) is 11.5 Å². The van der Waals surface area contributed by atoms with Gasteiger partial charge in [0, 0.05) is 12.2 Å². The lowest BCUT2D eigenvalue weighted by molar-refractivity contribution is 0.102. The summed E-state index contributed by atoms with van der Waals surface area (Å²) in [4.78, 5) is 12.3. The van der Waals surface area contributed by atoms with Gasteiger partial charge in [0.05, 0.1) is 0 Å². The van der Waals surface area contributed by atoms with Gasteiger partial charge < -0.3 is 10.6 Å². The Morgan fingerprint density at radius 2 is 1.76 bits per heavy atom. The van der Waals surface area contributed by atoms with Crippen molar-refractivity contribution in [1.82, 2.24) is 10.2 Å². The van der Waals surface area contributed by atoms with Crippen LogP contribution in [0.2, 0.25) is 0 Å². The molecule has 3 aromatic rings. The quantitative estimate of drug-likeness (QED) is 0.742. The third kappa shape index (κ3) is 4.41. The molecule has 0 radical (unpaired) electrons. The number of carbonyl (C=O) groups is 1. The summed E-state index contributed by atoms with van der Waals surface area (Å²) in [6.45, 7) is 4.60. The molecule has 0 saturated heterocycles. The summed E-state index contributed by atoms with van der Waals surface area (Å²) < 4.78 is 0. The van der Waals surface area contributed by atoms with Crippen LogP contribution in [-0.2, 0) is 6.54 Å². The van der Waals surface area contributed by atoms with Crippen LogP contribution in [0.1, 0.15) is 27.2 Å². The number of hydrogen-bond donors (Lipinski definition) is 2. The molecule has 2 N–H and O–H groups in total. The van der Waals surface area contributed by atoms with Gasteiger partial charge in [-0.15, -0.1) is 10.2 Å². The lowest BCUT2D eigenvalue weighted by atomic mass is 10.1. The standard InChI is InChI=1S/C20H20N4O/c1-14-8-9-15(2)18(12-14)22-20(25)17-10-11-19(24-23-17)21-13-16-6-4-3-5-7-16/h3-12H,13H2,1-2H3,(H,21,24)(H,22,25). The van der Waals surface area contributed by atoms with Gasteiger partial charge in [0.15, 0.2) is 5.69 Å². The maximum absolute atomic E-state index is 12.3. The highest BCUT2D eigenvalue weighted by Gasteiger charge is 2.10. The van der Waals surface area contributed by atoms with E-state index in [2.05, 4.69) is 20.8 Å². The summed E-state index contributed by atoms with van der Waals surface area (Å²) in [5.41, 5.74) is 4.32. The molecule has 5 heteroatoms. The van der Waals surface area contributed by atoms with Crippen molar-refractivity contribution in [2.75, 3.05) is 10.6 Å². The number of rotatable bonds is 5. The zero-order chi connectivity index (χ0) is 17.6. The summed E-state index contributed by atoms with van der Waals surface area (Å²) in [7, 11) is 0. The number of amides is 1. The van der Waals surface area contributed by atoms with Gasteiger partial charge in [0.25, 0.3) is 5.91 Å². The number of benzene rings is 2. The Morgan fingerprint density at radius 3 is 2.48 bits per heavy atom. The SMILES string of the molecule is Cc1ccc(C)c(NC(=O)c2ccc(NCc3ccccc3)nn2)c1. The third-order valence-electron chi connectivity index (χ3n) is 3.85. The second-order valence-corrected chi connectivity index (χ2v) is 5.92. The Bertz CT molecular complexity index is 861. The number of nitrogens with zero attached hydrogens (tertiary/aromatic N) is 2. The van der Waals surface area contributed by atoms with Crippen LogP contribution < -0.4 is 10.6 Å². The molecule has 0 spiro atoms. The Labute approximate surface area is 147 Å². The van der Waals surface area contributed by atoms with Crippen LogP contribution in [0.3, 0.4) is 0 Å². The Balaban J connectivity index is 1.63. The highest BCUT2D eigenvalue weighted by Crippen LogP contribution is 2.17. The number of aromatic nitrogens is 2. The third-order valence-corrected chi connectivity index (χ3v) is 3.85. The minimum atomic E-state index is -0.268. The highest BCUT2D eigenvalue weighted by atomic mass is 16.1. The first kappa shape index (κ1) is 16.6. The van der Waals surface area contributed by atoms with Gasteiger partial charge in [0.2, 0.25) is 0 Å². The average molecular weight is 332 g/mol. The van der Waals surface area contributed by atoms with E-state index in [1.165, 1.54) is 0 Å². The molecule has 0 saturated carbocycles. The van der Waals surface area contributed by atoms with Crippen molar-refractivity contribution in [2.24, 2.45) is 0 Å². The van der Waals surface area contributed by atoms with Crippen molar-refractivity contribution < 1.29 is 4.79 Å². The van der Waals surface area contributed by atoms with Crippen LogP contribution in [0, 0.1) is 13.8 Å². The van der Waals surface area contributed by atoms with Crippen molar-refractivity contribution in [3.63, 3.8) is 0 Å². The lowest BCUT2D eigenvalue weighted by Crippen LogP contribution is -2.15. The zero-order valence-electron chi connectivity index (χ0n) is 14.3. The molecule has 3 rings (SSSR count). The fourth-order valence-electron chi connectivity index (χ4n) is 2.39. The second kappa shape index (κ2) is 7.57. The van der Waals surface area contributed by atoms with Gasteiger partial charge in [-0.2, -0.15) is 0 Å². The normalized spacial score (nSPS) is 10.3. The molecule has 2 aromatic carbocycles. The van der Waals surface area contributed by atoms with E-state index in [1.54, 1.807) is 12.1 Å². The molecule has 0 unspecified atom stereocenters. The number of aryl methyl sites for hydroxylation is 2. The first-order valence-electron chi connectivity index (χ1n) is 8.12.